The summed E-state index contributed by atoms with van der Waals surface area (Å²) in [6, 6.07) is 8.67. The highest BCUT2D eigenvalue weighted by Gasteiger charge is 2.07. The maximum atomic E-state index is 3.48. The molecular weight excluding hydrogens is 242 g/mol. The Morgan fingerprint density at radius 3 is 2.61 bits per heavy atom. The molecule has 0 amide bonds. The van der Waals surface area contributed by atoms with E-state index < -0.39 is 0 Å². The summed E-state index contributed by atoms with van der Waals surface area (Å²) in [6.07, 6.45) is 3.32. The Hall–Kier alpha value is -0.710. The van der Waals surface area contributed by atoms with Gasteiger partial charge in [0.25, 0.3) is 0 Å². The summed E-state index contributed by atoms with van der Waals surface area (Å²) >= 11 is 1.78. The number of hydrogen-bond acceptors (Lipinski definition) is 4. The number of piperazine rings is 1. The Kier molecular flexibility index (Phi) is 5.84. The average molecular weight is 265 g/mol. The lowest BCUT2D eigenvalue weighted by molar-refractivity contribution is 0.240. The highest BCUT2D eigenvalue weighted by Crippen LogP contribution is 2.17. The van der Waals surface area contributed by atoms with Crippen LogP contribution in [-0.4, -0.2) is 50.4 Å². The topological polar surface area (TPSA) is 27.3 Å². The minimum absolute atomic E-state index is 1.06. The molecule has 0 saturated carbocycles. The Bertz CT molecular complexity index is 333. The van der Waals surface area contributed by atoms with Crippen LogP contribution in [0.1, 0.15) is 6.42 Å². The molecule has 18 heavy (non-hydrogen) atoms. The van der Waals surface area contributed by atoms with Crippen LogP contribution in [0.15, 0.2) is 29.2 Å². The number of nitrogens with zero attached hydrogens (tertiary/aromatic N) is 1. The molecule has 0 atom stereocenters. The van der Waals surface area contributed by atoms with Gasteiger partial charge in [0.05, 0.1) is 0 Å². The molecule has 1 saturated heterocycles. The van der Waals surface area contributed by atoms with E-state index in [-0.39, 0.29) is 0 Å². The van der Waals surface area contributed by atoms with Crippen LogP contribution >= 0.6 is 11.8 Å². The van der Waals surface area contributed by atoms with E-state index in [1.165, 1.54) is 36.6 Å². The fourth-order valence-electron chi connectivity index (χ4n) is 2.18. The highest BCUT2D eigenvalue weighted by atomic mass is 32.2. The second-order valence-electron chi connectivity index (χ2n) is 4.60. The smallest absolute Gasteiger partial charge is 0.0340 e. The third-order valence-electron chi connectivity index (χ3n) is 3.28. The van der Waals surface area contributed by atoms with E-state index in [2.05, 4.69) is 46.1 Å². The third kappa shape index (κ3) is 4.52. The molecule has 1 aliphatic heterocycles. The monoisotopic (exact) mass is 265 g/mol. The van der Waals surface area contributed by atoms with Crippen molar-refractivity contribution >= 4 is 17.4 Å². The molecule has 2 N–H and O–H groups in total. The number of benzene rings is 1. The fraction of sp³-hybridized carbons (Fsp3) is 0.571. The van der Waals surface area contributed by atoms with E-state index in [1.54, 1.807) is 11.8 Å². The summed E-state index contributed by atoms with van der Waals surface area (Å²) in [6.45, 7) is 6.94. The van der Waals surface area contributed by atoms with Gasteiger partial charge in [-0.25, -0.2) is 0 Å². The van der Waals surface area contributed by atoms with Crippen molar-refractivity contribution in [1.82, 2.24) is 10.2 Å². The van der Waals surface area contributed by atoms with Gasteiger partial charge in [-0.15, -0.1) is 11.8 Å². The minimum atomic E-state index is 1.06. The van der Waals surface area contributed by atoms with Crippen LogP contribution in [0.25, 0.3) is 0 Å². The van der Waals surface area contributed by atoms with Crippen molar-refractivity contribution < 1.29 is 0 Å². The summed E-state index contributed by atoms with van der Waals surface area (Å²) < 4.78 is 0. The quantitative estimate of drug-likeness (QED) is 0.608. The molecule has 1 aliphatic rings. The average Bonchev–Trinajstić information content (AvgIpc) is 2.45. The van der Waals surface area contributed by atoms with Crippen molar-refractivity contribution in [3.63, 3.8) is 0 Å². The zero-order valence-corrected chi connectivity index (χ0v) is 11.9. The largest absolute Gasteiger partial charge is 0.385 e. The summed E-state index contributed by atoms with van der Waals surface area (Å²) in [5, 5.41) is 6.87. The predicted molar refractivity (Wildman–Crippen MR) is 80.6 cm³/mol. The van der Waals surface area contributed by atoms with Crippen molar-refractivity contribution in [3.05, 3.63) is 24.3 Å². The Morgan fingerprint density at radius 2 is 1.94 bits per heavy atom. The van der Waals surface area contributed by atoms with E-state index in [0.717, 1.165) is 19.6 Å². The maximum absolute atomic E-state index is 3.48. The lowest BCUT2D eigenvalue weighted by atomic mass is 10.3. The zero-order chi connectivity index (χ0) is 12.6. The summed E-state index contributed by atoms with van der Waals surface area (Å²) in [7, 11) is 0. The lowest BCUT2D eigenvalue weighted by Gasteiger charge is -2.27. The summed E-state index contributed by atoms with van der Waals surface area (Å²) in [5.74, 6) is 0. The van der Waals surface area contributed by atoms with Gasteiger partial charge in [-0.05, 0) is 43.5 Å². The van der Waals surface area contributed by atoms with Gasteiger partial charge < -0.3 is 15.5 Å². The first kappa shape index (κ1) is 13.7. The van der Waals surface area contributed by atoms with Crippen LogP contribution in [0.5, 0.6) is 0 Å². The maximum Gasteiger partial charge on any atom is 0.0340 e. The molecule has 0 spiro atoms. The first-order valence-corrected chi connectivity index (χ1v) is 7.92. The van der Waals surface area contributed by atoms with Crippen LogP contribution in [0.2, 0.25) is 0 Å². The van der Waals surface area contributed by atoms with E-state index in [4.69, 9.17) is 0 Å². The molecular formula is C14H23N3S. The normalized spacial score (nSPS) is 16.7. The van der Waals surface area contributed by atoms with Gasteiger partial charge in [-0.3, -0.25) is 0 Å². The van der Waals surface area contributed by atoms with Crippen molar-refractivity contribution in [2.75, 3.05) is 50.8 Å². The number of rotatable bonds is 6. The van der Waals surface area contributed by atoms with Crippen LogP contribution in [0.3, 0.4) is 0 Å². The Morgan fingerprint density at radius 1 is 1.22 bits per heavy atom. The molecule has 2 rings (SSSR count). The molecule has 1 aromatic rings. The van der Waals surface area contributed by atoms with Crippen LogP contribution in [0, 0.1) is 0 Å². The number of nitrogens with one attached hydrogen (secondary N) is 2. The standard InChI is InChI=1S/C14H23N3S/c1-18-14-5-3-13(4-6-14)16-7-2-10-17-11-8-15-9-12-17/h3-6,15-16H,2,7-12H2,1H3. The van der Waals surface area contributed by atoms with Crippen LogP contribution in [-0.2, 0) is 0 Å². The molecule has 0 unspecified atom stereocenters. The molecule has 3 nitrogen and oxygen atoms in total. The molecule has 1 aromatic carbocycles. The highest BCUT2D eigenvalue weighted by molar-refractivity contribution is 7.98. The Balaban J connectivity index is 1.62. The van der Waals surface area contributed by atoms with Gasteiger partial charge in [0.1, 0.15) is 0 Å². The number of anilines is 1. The zero-order valence-electron chi connectivity index (χ0n) is 11.1. The van der Waals surface area contributed by atoms with E-state index >= 15 is 0 Å². The van der Waals surface area contributed by atoms with Crippen LogP contribution in [0.4, 0.5) is 5.69 Å². The van der Waals surface area contributed by atoms with Crippen LogP contribution < -0.4 is 10.6 Å². The lowest BCUT2D eigenvalue weighted by Crippen LogP contribution is -2.44. The van der Waals surface area contributed by atoms with Crippen molar-refractivity contribution in [1.29, 1.82) is 0 Å². The first-order chi connectivity index (χ1) is 8.88. The molecule has 4 heteroatoms. The van der Waals surface area contributed by atoms with Gasteiger partial charge >= 0.3 is 0 Å². The summed E-state index contributed by atoms with van der Waals surface area (Å²) in [4.78, 5) is 3.86. The van der Waals surface area contributed by atoms with Gasteiger partial charge in [0.2, 0.25) is 0 Å². The molecule has 1 heterocycles. The first-order valence-electron chi connectivity index (χ1n) is 6.69. The molecule has 0 radical (unpaired) electrons. The Labute approximate surface area is 114 Å². The van der Waals surface area contributed by atoms with E-state index in [9.17, 15) is 0 Å². The van der Waals surface area contributed by atoms with Crippen molar-refractivity contribution in [2.45, 2.75) is 11.3 Å². The summed E-state index contributed by atoms with van der Waals surface area (Å²) in [5.41, 5.74) is 1.23. The van der Waals surface area contributed by atoms with E-state index in [1.807, 2.05) is 0 Å². The fourth-order valence-corrected chi connectivity index (χ4v) is 2.59. The van der Waals surface area contributed by atoms with Gasteiger partial charge in [0.15, 0.2) is 0 Å². The van der Waals surface area contributed by atoms with E-state index in [0.29, 0.717) is 0 Å². The van der Waals surface area contributed by atoms with Gasteiger partial charge in [-0.2, -0.15) is 0 Å². The van der Waals surface area contributed by atoms with Gasteiger partial charge in [0, 0.05) is 43.3 Å². The van der Waals surface area contributed by atoms with Gasteiger partial charge in [-0.1, -0.05) is 0 Å². The SMILES string of the molecule is CSc1ccc(NCCCN2CCNCC2)cc1. The van der Waals surface area contributed by atoms with Crippen molar-refractivity contribution in [3.8, 4) is 0 Å². The third-order valence-corrected chi connectivity index (χ3v) is 4.02. The second-order valence-corrected chi connectivity index (χ2v) is 5.48. The second kappa shape index (κ2) is 7.67. The molecule has 1 fully saturated rings. The molecule has 100 valence electrons. The number of thioether (sulfide) groups is 1. The molecule has 0 aromatic heterocycles. The molecule has 0 aliphatic carbocycles. The minimum Gasteiger partial charge on any atom is -0.385 e. The van der Waals surface area contributed by atoms with Crippen molar-refractivity contribution in [2.24, 2.45) is 0 Å². The number of hydrogen-bond donors (Lipinski definition) is 2. The predicted octanol–water partition coefficient (Wildman–Crippen LogP) is 2.12. The molecule has 0 bridgehead atoms.